The van der Waals surface area contributed by atoms with Crippen LogP contribution in [-0.4, -0.2) is 63.5 Å². The van der Waals surface area contributed by atoms with E-state index in [2.05, 4.69) is 25.3 Å². The normalized spacial score (nSPS) is 10.7. The van der Waals surface area contributed by atoms with Gasteiger partial charge < -0.3 is 19.1 Å². The molecule has 0 saturated carbocycles. The lowest BCUT2D eigenvalue weighted by Crippen LogP contribution is -2.27. The monoisotopic (exact) mass is 273 g/mol. The molecule has 0 heterocycles. The molecule has 0 fully saturated rings. The van der Waals surface area contributed by atoms with Gasteiger partial charge in [0, 0.05) is 12.1 Å². The Morgan fingerprint density at radius 2 is 1.53 bits per heavy atom. The van der Waals surface area contributed by atoms with Crippen molar-refractivity contribution in [2.24, 2.45) is 0 Å². The predicted molar refractivity (Wildman–Crippen MR) is 75.2 cm³/mol. The third-order valence-electron chi connectivity index (χ3n) is 2.63. The molecule has 0 amide bonds. The maximum Gasteiger partial charge on any atom is 0.333 e. The SMILES string of the molecule is C=C(C)C(=O)OCCOCCOCCN(CC)CC. The second-order valence-corrected chi connectivity index (χ2v) is 4.17. The lowest BCUT2D eigenvalue weighted by atomic mass is 10.4. The van der Waals surface area contributed by atoms with E-state index in [1.54, 1.807) is 6.92 Å². The van der Waals surface area contributed by atoms with Gasteiger partial charge in [-0.2, -0.15) is 0 Å². The Labute approximate surface area is 116 Å². The number of hydrogen-bond acceptors (Lipinski definition) is 5. The van der Waals surface area contributed by atoms with E-state index in [0.717, 1.165) is 26.2 Å². The van der Waals surface area contributed by atoms with Gasteiger partial charge in [0.15, 0.2) is 0 Å². The molecule has 0 aliphatic carbocycles. The van der Waals surface area contributed by atoms with Crippen LogP contribution in [-0.2, 0) is 19.0 Å². The highest BCUT2D eigenvalue weighted by atomic mass is 16.6. The summed E-state index contributed by atoms with van der Waals surface area (Å²) in [7, 11) is 0. The summed E-state index contributed by atoms with van der Waals surface area (Å²) >= 11 is 0. The van der Waals surface area contributed by atoms with Crippen molar-refractivity contribution < 1.29 is 19.0 Å². The number of hydrogen-bond donors (Lipinski definition) is 0. The molecule has 0 aliphatic heterocycles. The third-order valence-corrected chi connectivity index (χ3v) is 2.63. The van der Waals surface area contributed by atoms with Gasteiger partial charge in [-0.15, -0.1) is 0 Å². The number of rotatable bonds is 12. The van der Waals surface area contributed by atoms with Crippen LogP contribution in [0.25, 0.3) is 0 Å². The molecule has 0 atom stereocenters. The fourth-order valence-electron chi connectivity index (χ4n) is 1.37. The van der Waals surface area contributed by atoms with Crippen molar-refractivity contribution >= 4 is 5.97 Å². The molecule has 19 heavy (non-hydrogen) atoms. The predicted octanol–water partition coefficient (Wildman–Crippen LogP) is 1.48. The van der Waals surface area contributed by atoms with Crippen molar-refractivity contribution in [3.63, 3.8) is 0 Å². The quantitative estimate of drug-likeness (QED) is 0.306. The lowest BCUT2D eigenvalue weighted by Gasteiger charge is -2.17. The minimum Gasteiger partial charge on any atom is -0.460 e. The van der Waals surface area contributed by atoms with Crippen LogP contribution in [0.15, 0.2) is 12.2 Å². The Hall–Kier alpha value is -0.910. The Morgan fingerprint density at radius 3 is 2.05 bits per heavy atom. The summed E-state index contributed by atoms with van der Waals surface area (Å²) in [5.74, 6) is -0.376. The van der Waals surface area contributed by atoms with E-state index in [1.165, 1.54) is 0 Å². The van der Waals surface area contributed by atoms with E-state index in [9.17, 15) is 4.79 Å². The van der Waals surface area contributed by atoms with Crippen LogP contribution < -0.4 is 0 Å². The van der Waals surface area contributed by atoms with Gasteiger partial charge >= 0.3 is 5.97 Å². The summed E-state index contributed by atoms with van der Waals surface area (Å²) in [4.78, 5) is 13.3. The fraction of sp³-hybridized carbons (Fsp3) is 0.786. The van der Waals surface area contributed by atoms with Gasteiger partial charge in [-0.05, 0) is 20.0 Å². The average Bonchev–Trinajstić information content (AvgIpc) is 2.40. The van der Waals surface area contributed by atoms with Crippen LogP contribution in [0.2, 0.25) is 0 Å². The summed E-state index contributed by atoms with van der Waals surface area (Å²) in [6, 6.07) is 0. The Bertz CT molecular complexity index is 252. The lowest BCUT2D eigenvalue weighted by molar-refractivity contribution is -0.140. The van der Waals surface area contributed by atoms with Crippen LogP contribution in [0.4, 0.5) is 0 Å². The summed E-state index contributed by atoms with van der Waals surface area (Å²) in [5.41, 5.74) is 0.403. The van der Waals surface area contributed by atoms with E-state index in [4.69, 9.17) is 14.2 Å². The number of carbonyl (C=O) groups excluding carboxylic acids is 1. The molecule has 0 spiro atoms. The zero-order chi connectivity index (χ0) is 14.5. The van der Waals surface area contributed by atoms with Gasteiger partial charge in [-0.25, -0.2) is 4.79 Å². The van der Waals surface area contributed by atoms with Crippen LogP contribution in [0.5, 0.6) is 0 Å². The third kappa shape index (κ3) is 10.7. The largest absolute Gasteiger partial charge is 0.460 e. The van der Waals surface area contributed by atoms with Crippen molar-refractivity contribution in [2.75, 3.05) is 52.7 Å². The minimum absolute atomic E-state index is 0.255. The Morgan fingerprint density at radius 1 is 1.00 bits per heavy atom. The first kappa shape index (κ1) is 18.1. The first-order chi connectivity index (χ1) is 9.11. The van der Waals surface area contributed by atoms with Crippen LogP contribution >= 0.6 is 0 Å². The van der Waals surface area contributed by atoms with E-state index in [0.29, 0.717) is 25.4 Å². The molecule has 0 aromatic carbocycles. The molecule has 0 aliphatic rings. The van der Waals surface area contributed by atoms with Gasteiger partial charge in [0.05, 0.1) is 26.4 Å². The number of nitrogens with zero attached hydrogens (tertiary/aromatic N) is 1. The maximum atomic E-state index is 11.0. The van der Waals surface area contributed by atoms with Gasteiger partial charge in [-0.1, -0.05) is 20.4 Å². The van der Waals surface area contributed by atoms with E-state index < -0.39 is 0 Å². The van der Waals surface area contributed by atoms with Crippen molar-refractivity contribution in [3.05, 3.63) is 12.2 Å². The highest BCUT2D eigenvalue weighted by molar-refractivity contribution is 5.86. The zero-order valence-electron chi connectivity index (χ0n) is 12.4. The van der Waals surface area contributed by atoms with Gasteiger partial charge in [0.2, 0.25) is 0 Å². The topological polar surface area (TPSA) is 48.0 Å². The second kappa shape index (κ2) is 12.1. The van der Waals surface area contributed by atoms with E-state index in [-0.39, 0.29) is 12.6 Å². The second-order valence-electron chi connectivity index (χ2n) is 4.17. The standard InChI is InChI=1S/C14H27NO4/c1-5-15(6-2)7-8-17-9-10-18-11-12-19-14(16)13(3)4/h3,5-12H2,1-2,4H3. The minimum atomic E-state index is -0.376. The average molecular weight is 273 g/mol. The Kier molecular flexibility index (Phi) is 11.6. The molecule has 0 N–H and O–H groups in total. The summed E-state index contributed by atoms with van der Waals surface area (Å²) < 4.78 is 15.6. The molecule has 5 nitrogen and oxygen atoms in total. The molecule has 112 valence electrons. The van der Waals surface area contributed by atoms with Gasteiger partial charge in [0.1, 0.15) is 6.61 Å². The number of esters is 1. The maximum absolute atomic E-state index is 11.0. The van der Waals surface area contributed by atoms with Gasteiger partial charge in [-0.3, -0.25) is 0 Å². The summed E-state index contributed by atoms with van der Waals surface area (Å²) in [5, 5.41) is 0. The highest BCUT2D eigenvalue weighted by Gasteiger charge is 2.02. The zero-order valence-corrected chi connectivity index (χ0v) is 12.4. The number of carbonyl (C=O) groups is 1. The fourth-order valence-corrected chi connectivity index (χ4v) is 1.37. The summed E-state index contributed by atoms with van der Waals surface area (Å²) in [6.07, 6.45) is 0. The smallest absolute Gasteiger partial charge is 0.333 e. The molecule has 0 aromatic heterocycles. The first-order valence-corrected chi connectivity index (χ1v) is 6.82. The molecule has 0 aromatic rings. The molecular weight excluding hydrogens is 246 g/mol. The van der Waals surface area contributed by atoms with E-state index >= 15 is 0 Å². The molecule has 0 bridgehead atoms. The molecule has 0 saturated heterocycles. The van der Waals surface area contributed by atoms with Crippen LogP contribution in [0.1, 0.15) is 20.8 Å². The molecule has 0 rings (SSSR count). The molecular formula is C14H27NO4. The van der Waals surface area contributed by atoms with E-state index in [1.807, 2.05) is 0 Å². The molecule has 0 unspecified atom stereocenters. The van der Waals surface area contributed by atoms with Crippen molar-refractivity contribution in [2.45, 2.75) is 20.8 Å². The summed E-state index contributed by atoms with van der Waals surface area (Å²) in [6.45, 7) is 14.9. The molecule has 0 radical (unpaired) electrons. The Balaban J connectivity index is 3.23. The van der Waals surface area contributed by atoms with Crippen LogP contribution in [0.3, 0.4) is 0 Å². The van der Waals surface area contributed by atoms with Crippen LogP contribution in [0, 0.1) is 0 Å². The van der Waals surface area contributed by atoms with Crippen molar-refractivity contribution in [3.8, 4) is 0 Å². The molecule has 5 heteroatoms. The first-order valence-electron chi connectivity index (χ1n) is 6.82. The van der Waals surface area contributed by atoms with Gasteiger partial charge in [0.25, 0.3) is 0 Å². The highest BCUT2D eigenvalue weighted by Crippen LogP contribution is 1.92. The van der Waals surface area contributed by atoms with Crippen molar-refractivity contribution in [1.29, 1.82) is 0 Å². The van der Waals surface area contributed by atoms with Crippen molar-refractivity contribution in [1.82, 2.24) is 4.90 Å². The number of likely N-dealkylation sites (N-methyl/N-ethyl adjacent to an activating group) is 1. The number of ether oxygens (including phenoxy) is 3.